The van der Waals surface area contributed by atoms with E-state index >= 15 is 0 Å². The summed E-state index contributed by atoms with van der Waals surface area (Å²) in [5, 5.41) is 6.92. The van der Waals surface area contributed by atoms with Crippen LogP contribution in [0.3, 0.4) is 0 Å². The van der Waals surface area contributed by atoms with Crippen LogP contribution in [-0.2, 0) is 0 Å². The Bertz CT molecular complexity index is 1070. The molecule has 2 atom stereocenters. The molecule has 0 aromatic heterocycles. The molecule has 2 aliphatic heterocycles. The van der Waals surface area contributed by atoms with Gasteiger partial charge in [0.1, 0.15) is 11.6 Å². The van der Waals surface area contributed by atoms with Crippen molar-refractivity contribution in [2.45, 2.75) is 18.7 Å². The Kier molecular flexibility index (Phi) is 4.48. The van der Waals surface area contributed by atoms with Gasteiger partial charge in [0.25, 0.3) is 0 Å². The summed E-state index contributed by atoms with van der Waals surface area (Å²) < 4.78 is 21.7. The van der Waals surface area contributed by atoms with Gasteiger partial charge >= 0.3 is 0 Å². The third-order valence-corrected chi connectivity index (χ3v) is 6.12. The highest BCUT2D eigenvalue weighted by Gasteiger charge is 2.41. The molecular weight excluding hydrogens is 487 g/mol. The fourth-order valence-electron chi connectivity index (χ4n) is 3.77. The molecule has 0 saturated heterocycles. The van der Waals surface area contributed by atoms with Gasteiger partial charge in [0.15, 0.2) is 0 Å². The molecule has 0 saturated carbocycles. The normalized spacial score (nSPS) is 20.2. The second-order valence-corrected chi connectivity index (χ2v) is 8.61. The van der Waals surface area contributed by atoms with E-state index in [1.54, 1.807) is 12.1 Å². The van der Waals surface area contributed by atoms with Crippen LogP contribution in [0.1, 0.15) is 35.4 Å². The Morgan fingerprint density at radius 2 is 1.75 bits per heavy atom. The highest BCUT2D eigenvalue weighted by atomic mass is 79.9. The van der Waals surface area contributed by atoms with Gasteiger partial charge in [-0.05, 0) is 45.8 Å². The summed E-state index contributed by atoms with van der Waals surface area (Å²) in [6.07, 6.45) is 0.359. The van der Waals surface area contributed by atoms with Gasteiger partial charge in [-0.2, -0.15) is 5.10 Å². The van der Waals surface area contributed by atoms with E-state index in [0.717, 1.165) is 43.5 Å². The molecule has 28 heavy (non-hydrogen) atoms. The maximum atomic E-state index is 13.5. The minimum atomic E-state index is -0.420. The lowest BCUT2D eigenvalue weighted by atomic mass is 9.96. The molecule has 2 aliphatic rings. The molecule has 3 aromatic rings. The Balaban J connectivity index is 1.63. The first kappa shape index (κ1) is 17.9. The summed E-state index contributed by atoms with van der Waals surface area (Å²) in [5.41, 5.74) is 4.06. The average Bonchev–Trinajstić information content (AvgIpc) is 3.15. The molecule has 0 fully saturated rings. The van der Waals surface area contributed by atoms with E-state index in [0.29, 0.717) is 0 Å². The van der Waals surface area contributed by atoms with Crippen LogP contribution in [0.2, 0.25) is 0 Å². The van der Waals surface area contributed by atoms with Crippen LogP contribution >= 0.6 is 31.9 Å². The highest BCUT2D eigenvalue weighted by molar-refractivity contribution is 9.11. The zero-order valence-corrected chi connectivity index (χ0v) is 17.8. The molecule has 2 heterocycles. The Labute approximate surface area is 179 Å². The molecule has 5 rings (SSSR count). The molecule has 140 valence electrons. The summed E-state index contributed by atoms with van der Waals surface area (Å²) in [5.74, 6) is 0.541. The van der Waals surface area contributed by atoms with Crippen molar-refractivity contribution in [3.8, 4) is 5.75 Å². The van der Waals surface area contributed by atoms with E-state index < -0.39 is 6.23 Å². The number of hydrogen-bond acceptors (Lipinski definition) is 3. The van der Waals surface area contributed by atoms with Gasteiger partial charge in [-0.25, -0.2) is 9.40 Å². The van der Waals surface area contributed by atoms with Crippen molar-refractivity contribution in [1.82, 2.24) is 5.01 Å². The van der Waals surface area contributed by atoms with Crippen molar-refractivity contribution in [3.63, 3.8) is 0 Å². The molecule has 0 spiro atoms. The molecule has 6 heteroatoms. The largest absolute Gasteiger partial charge is 0.463 e. The number of ether oxygens (including phenoxy) is 1. The second kappa shape index (κ2) is 7.01. The fraction of sp³-hybridized carbons (Fsp3) is 0.136. The number of nitrogens with zero attached hydrogens (tertiary/aromatic N) is 2. The van der Waals surface area contributed by atoms with E-state index in [4.69, 9.17) is 9.84 Å². The maximum Gasteiger partial charge on any atom is 0.213 e. The number of benzene rings is 3. The minimum Gasteiger partial charge on any atom is -0.463 e. The van der Waals surface area contributed by atoms with Gasteiger partial charge in [-0.3, -0.25) is 0 Å². The first-order chi connectivity index (χ1) is 13.6. The van der Waals surface area contributed by atoms with Crippen LogP contribution in [-0.4, -0.2) is 10.7 Å². The Morgan fingerprint density at radius 3 is 2.50 bits per heavy atom. The number of fused-ring (bicyclic) bond motifs is 3. The number of hydrogen-bond donors (Lipinski definition) is 0. The molecule has 0 radical (unpaired) electrons. The SMILES string of the molecule is Fc1ccc([C@H]2Oc3c(Br)cc(Br)cc3[C@@H]3CC(c4ccccc4)=NN23)cc1. The zero-order valence-electron chi connectivity index (χ0n) is 14.6. The van der Waals surface area contributed by atoms with Crippen LogP contribution in [0, 0.1) is 5.82 Å². The summed E-state index contributed by atoms with van der Waals surface area (Å²) in [6, 6.07) is 20.7. The first-order valence-corrected chi connectivity index (χ1v) is 10.5. The average molecular weight is 502 g/mol. The third-order valence-electron chi connectivity index (χ3n) is 5.07. The highest BCUT2D eigenvalue weighted by Crippen LogP contribution is 2.50. The Hall–Kier alpha value is -2.18. The predicted molar refractivity (Wildman–Crippen MR) is 114 cm³/mol. The first-order valence-electron chi connectivity index (χ1n) is 8.92. The summed E-state index contributed by atoms with van der Waals surface area (Å²) >= 11 is 7.21. The van der Waals surface area contributed by atoms with E-state index in [1.807, 2.05) is 29.3 Å². The van der Waals surface area contributed by atoms with Gasteiger partial charge in [0, 0.05) is 22.0 Å². The summed E-state index contributed by atoms with van der Waals surface area (Å²) in [6.45, 7) is 0. The molecular formula is C22H15Br2FN2O. The lowest BCUT2D eigenvalue weighted by Crippen LogP contribution is -2.33. The van der Waals surface area contributed by atoms with Crippen LogP contribution in [0.4, 0.5) is 4.39 Å². The van der Waals surface area contributed by atoms with Gasteiger partial charge in [0.2, 0.25) is 6.23 Å². The lowest BCUT2D eigenvalue weighted by molar-refractivity contribution is -0.0197. The predicted octanol–water partition coefficient (Wildman–Crippen LogP) is 6.59. The fourth-order valence-corrected chi connectivity index (χ4v) is 5.12. The van der Waals surface area contributed by atoms with E-state index in [-0.39, 0.29) is 11.9 Å². The second-order valence-electron chi connectivity index (χ2n) is 6.84. The molecule has 0 amide bonds. The van der Waals surface area contributed by atoms with Crippen molar-refractivity contribution >= 4 is 37.6 Å². The maximum absolute atomic E-state index is 13.5. The van der Waals surface area contributed by atoms with Crippen molar-refractivity contribution in [2.75, 3.05) is 0 Å². The van der Waals surface area contributed by atoms with E-state index in [9.17, 15) is 4.39 Å². The molecule has 0 N–H and O–H groups in total. The molecule has 0 aliphatic carbocycles. The smallest absolute Gasteiger partial charge is 0.213 e. The minimum absolute atomic E-state index is 0.0443. The monoisotopic (exact) mass is 500 g/mol. The van der Waals surface area contributed by atoms with Crippen molar-refractivity contribution in [1.29, 1.82) is 0 Å². The topological polar surface area (TPSA) is 24.8 Å². The molecule has 3 aromatic carbocycles. The van der Waals surface area contributed by atoms with Crippen molar-refractivity contribution < 1.29 is 9.13 Å². The van der Waals surface area contributed by atoms with Crippen molar-refractivity contribution in [3.05, 3.63) is 98.2 Å². The molecule has 0 unspecified atom stereocenters. The lowest BCUT2D eigenvalue weighted by Gasteiger charge is -2.38. The van der Waals surface area contributed by atoms with Crippen molar-refractivity contribution in [2.24, 2.45) is 5.10 Å². The van der Waals surface area contributed by atoms with Gasteiger partial charge in [-0.1, -0.05) is 58.4 Å². The third kappa shape index (κ3) is 3.05. The van der Waals surface area contributed by atoms with E-state index in [2.05, 4.69) is 50.1 Å². The molecule has 0 bridgehead atoms. The standard InChI is InChI=1S/C22H15Br2FN2O/c23-15-10-17-20-12-19(13-4-2-1-3-5-13)26-27(20)22(28-21(17)18(24)11-15)14-6-8-16(25)9-7-14/h1-11,20,22H,12H2/t20-,22+/m0/s1. The van der Waals surface area contributed by atoms with E-state index in [1.165, 1.54) is 12.1 Å². The quantitative estimate of drug-likeness (QED) is 0.395. The Morgan fingerprint density at radius 1 is 1.00 bits per heavy atom. The van der Waals surface area contributed by atoms with Gasteiger partial charge in [0.05, 0.1) is 16.2 Å². The van der Waals surface area contributed by atoms with Crippen LogP contribution in [0.5, 0.6) is 5.75 Å². The summed E-state index contributed by atoms with van der Waals surface area (Å²) in [7, 11) is 0. The summed E-state index contributed by atoms with van der Waals surface area (Å²) in [4.78, 5) is 0. The molecule has 3 nitrogen and oxygen atoms in total. The zero-order chi connectivity index (χ0) is 19.3. The van der Waals surface area contributed by atoms with Crippen LogP contribution in [0.25, 0.3) is 0 Å². The number of halogens is 3. The van der Waals surface area contributed by atoms with Crippen LogP contribution < -0.4 is 4.74 Å². The van der Waals surface area contributed by atoms with Gasteiger partial charge in [-0.15, -0.1) is 0 Å². The van der Waals surface area contributed by atoms with Crippen LogP contribution in [0.15, 0.2) is 80.8 Å². The number of hydrazone groups is 1. The number of rotatable bonds is 2. The van der Waals surface area contributed by atoms with Gasteiger partial charge < -0.3 is 4.74 Å².